The van der Waals surface area contributed by atoms with E-state index in [4.69, 9.17) is 0 Å². The molecule has 0 spiro atoms. The summed E-state index contributed by atoms with van der Waals surface area (Å²) in [6.07, 6.45) is 2.03. The third-order valence-corrected chi connectivity index (χ3v) is 3.47. The number of hydrogen-bond acceptors (Lipinski definition) is 3. The fraction of sp³-hybridized carbons (Fsp3) is 0.364. The summed E-state index contributed by atoms with van der Waals surface area (Å²) >= 11 is 3.36. The second-order valence-corrected chi connectivity index (χ2v) is 4.94. The number of benzene rings is 1. The molecule has 0 N–H and O–H groups in total. The zero-order chi connectivity index (χ0) is 10.4. The van der Waals surface area contributed by atoms with Crippen molar-refractivity contribution >= 4 is 29.3 Å². The highest BCUT2D eigenvalue weighted by Gasteiger charge is 2.04. The van der Waals surface area contributed by atoms with Gasteiger partial charge in [-0.3, -0.25) is 4.79 Å². The van der Waals surface area contributed by atoms with Gasteiger partial charge in [-0.05, 0) is 24.1 Å². The van der Waals surface area contributed by atoms with E-state index in [0.717, 1.165) is 11.3 Å². The van der Waals surface area contributed by atoms with E-state index in [0.29, 0.717) is 5.75 Å². The van der Waals surface area contributed by atoms with Crippen LogP contribution >= 0.6 is 23.5 Å². The van der Waals surface area contributed by atoms with Gasteiger partial charge in [-0.25, -0.2) is 0 Å². The van der Waals surface area contributed by atoms with E-state index in [1.165, 1.54) is 4.90 Å². The van der Waals surface area contributed by atoms with Gasteiger partial charge in [0, 0.05) is 10.5 Å². The molecule has 0 aliphatic heterocycles. The van der Waals surface area contributed by atoms with Gasteiger partial charge in [0.25, 0.3) is 0 Å². The highest BCUT2D eigenvalue weighted by molar-refractivity contribution is 7.99. The molecule has 76 valence electrons. The zero-order valence-electron chi connectivity index (χ0n) is 8.45. The highest BCUT2D eigenvalue weighted by atomic mass is 32.2. The Balaban J connectivity index is 2.62. The van der Waals surface area contributed by atoms with Crippen LogP contribution in [0, 0.1) is 0 Å². The number of hydrogen-bond donors (Lipinski definition) is 0. The van der Waals surface area contributed by atoms with Crippen molar-refractivity contribution in [2.75, 3.05) is 17.8 Å². The normalized spacial score (nSPS) is 10.1. The quantitative estimate of drug-likeness (QED) is 0.566. The number of thioether (sulfide) groups is 2. The van der Waals surface area contributed by atoms with Crippen molar-refractivity contribution in [3.05, 3.63) is 29.8 Å². The van der Waals surface area contributed by atoms with Crippen LogP contribution in [0.15, 0.2) is 29.2 Å². The average Bonchev–Trinajstić information content (AvgIpc) is 2.26. The lowest BCUT2D eigenvalue weighted by molar-refractivity contribution is 0.102. The van der Waals surface area contributed by atoms with Crippen molar-refractivity contribution in [1.29, 1.82) is 0 Å². The second-order valence-electron chi connectivity index (χ2n) is 2.79. The topological polar surface area (TPSA) is 17.1 Å². The maximum absolute atomic E-state index is 11.6. The third-order valence-electron chi connectivity index (χ3n) is 1.85. The summed E-state index contributed by atoms with van der Waals surface area (Å²) < 4.78 is 0. The Bertz CT molecular complexity index is 293. The van der Waals surface area contributed by atoms with Gasteiger partial charge in [0.05, 0.1) is 5.75 Å². The maximum atomic E-state index is 11.6. The van der Waals surface area contributed by atoms with Gasteiger partial charge in [-0.1, -0.05) is 19.1 Å². The number of carbonyl (C=O) groups excluding carboxylic acids is 1. The molecule has 0 fully saturated rings. The first-order chi connectivity index (χ1) is 6.77. The van der Waals surface area contributed by atoms with Crippen molar-refractivity contribution in [3.8, 4) is 0 Å². The smallest absolute Gasteiger partial charge is 0.172 e. The molecule has 0 saturated carbocycles. The maximum Gasteiger partial charge on any atom is 0.172 e. The van der Waals surface area contributed by atoms with Crippen LogP contribution in [0.4, 0.5) is 0 Å². The summed E-state index contributed by atoms with van der Waals surface area (Å²) in [6, 6.07) is 7.80. The fourth-order valence-corrected chi connectivity index (χ4v) is 2.02. The number of carbonyl (C=O) groups is 1. The minimum atomic E-state index is 0.226. The fourth-order valence-electron chi connectivity index (χ4n) is 1.06. The van der Waals surface area contributed by atoms with Gasteiger partial charge in [0.1, 0.15) is 0 Å². The number of rotatable bonds is 5. The standard InChI is InChI=1S/C11H14OS2/c1-3-14-8-11(12)9-4-6-10(13-2)7-5-9/h4-7H,3,8H2,1-2H3. The molecule has 0 atom stereocenters. The van der Waals surface area contributed by atoms with E-state index < -0.39 is 0 Å². The molecule has 0 amide bonds. The van der Waals surface area contributed by atoms with Crippen LogP contribution in [0.25, 0.3) is 0 Å². The summed E-state index contributed by atoms with van der Waals surface area (Å²) in [5.74, 6) is 1.81. The molecule has 0 saturated heterocycles. The van der Waals surface area contributed by atoms with Gasteiger partial charge < -0.3 is 0 Å². The lowest BCUT2D eigenvalue weighted by Crippen LogP contribution is -2.02. The SMILES string of the molecule is CCSCC(=O)c1ccc(SC)cc1. The van der Waals surface area contributed by atoms with Crippen LogP contribution in [0.5, 0.6) is 0 Å². The highest BCUT2D eigenvalue weighted by Crippen LogP contribution is 2.16. The van der Waals surface area contributed by atoms with Crippen molar-refractivity contribution in [3.63, 3.8) is 0 Å². The van der Waals surface area contributed by atoms with Crippen molar-refractivity contribution < 1.29 is 4.79 Å². The summed E-state index contributed by atoms with van der Waals surface area (Å²) in [6.45, 7) is 2.06. The third kappa shape index (κ3) is 3.39. The van der Waals surface area contributed by atoms with Crippen molar-refractivity contribution in [2.24, 2.45) is 0 Å². The number of Topliss-reactive ketones (excluding diaryl/α,β-unsaturated/α-hetero) is 1. The van der Waals surface area contributed by atoms with Crippen LogP contribution in [-0.4, -0.2) is 23.5 Å². The summed E-state index contributed by atoms with van der Waals surface area (Å²) in [4.78, 5) is 12.8. The van der Waals surface area contributed by atoms with Crippen LogP contribution in [0.2, 0.25) is 0 Å². The second kappa shape index (κ2) is 6.14. The van der Waals surface area contributed by atoms with Crippen LogP contribution in [0.1, 0.15) is 17.3 Å². The molecule has 1 nitrogen and oxygen atoms in total. The van der Waals surface area contributed by atoms with Gasteiger partial charge >= 0.3 is 0 Å². The molecule has 0 aliphatic carbocycles. The van der Waals surface area contributed by atoms with Gasteiger partial charge in [0.15, 0.2) is 5.78 Å². The molecule has 3 heteroatoms. The van der Waals surface area contributed by atoms with Gasteiger partial charge in [0.2, 0.25) is 0 Å². The minimum Gasteiger partial charge on any atom is -0.293 e. The van der Waals surface area contributed by atoms with Crippen LogP contribution in [0.3, 0.4) is 0 Å². The first-order valence-corrected chi connectivity index (χ1v) is 6.91. The molecule has 0 heterocycles. The molecular formula is C11H14OS2. The molecule has 0 radical (unpaired) electrons. The van der Waals surface area contributed by atoms with E-state index in [1.54, 1.807) is 23.5 Å². The first kappa shape index (κ1) is 11.7. The molecule has 1 aromatic carbocycles. The average molecular weight is 226 g/mol. The molecular weight excluding hydrogens is 212 g/mol. The Kier molecular flexibility index (Phi) is 5.12. The summed E-state index contributed by atoms with van der Waals surface area (Å²) in [5, 5.41) is 0. The van der Waals surface area contributed by atoms with E-state index in [-0.39, 0.29) is 5.78 Å². The lowest BCUT2D eigenvalue weighted by atomic mass is 10.1. The Morgan fingerprint density at radius 1 is 1.29 bits per heavy atom. The monoisotopic (exact) mass is 226 g/mol. The Morgan fingerprint density at radius 3 is 2.43 bits per heavy atom. The molecule has 1 aromatic rings. The van der Waals surface area contributed by atoms with E-state index in [9.17, 15) is 4.79 Å². The molecule has 0 bridgehead atoms. The molecule has 1 rings (SSSR count). The minimum absolute atomic E-state index is 0.226. The Morgan fingerprint density at radius 2 is 1.93 bits per heavy atom. The van der Waals surface area contributed by atoms with Gasteiger partial charge in [-0.2, -0.15) is 11.8 Å². The predicted molar refractivity (Wildman–Crippen MR) is 65.6 cm³/mol. The van der Waals surface area contributed by atoms with Crippen LogP contribution in [-0.2, 0) is 0 Å². The summed E-state index contributed by atoms with van der Waals surface area (Å²) in [5.41, 5.74) is 0.823. The summed E-state index contributed by atoms with van der Waals surface area (Å²) in [7, 11) is 0. The predicted octanol–water partition coefficient (Wildman–Crippen LogP) is 3.34. The van der Waals surface area contributed by atoms with E-state index in [1.807, 2.05) is 30.5 Å². The molecule has 0 unspecified atom stereocenters. The van der Waals surface area contributed by atoms with Crippen molar-refractivity contribution in [1.82, 2.24) is 0 Å². The lowest BCUT2D eigenvalue weighted by Gasteiger charge is -2.00. The molecule has 14 heavy (non-hydrogen) atoms. The molecule has 0 aliphatic rings. The van der Waals surface area contributed by atoms with Crippen LogP contribution < -0.4 is 0 Å². The zero-order valence-corrected chi connectivity index (χ0v) is 10.1. The Labute approximate surface area is 93.7 Å². The van der Waals surface area contributed by atoms with E-state index >= 15 is 0 Å². The van der Waals surface area contributed by atoms with Gasteiger partial charge in [-0.15, -0.1) is 11.8 Å². The Hall–Kier alpha value is -0.410. The van der Waals surface area contributed by atoms with E-state index in [2.05, 4.69) is 6.92 Å². The van der Waals surface area contributed by atoms with Crippen molar-refractivity contribution in [2.45, 2.75) is 11.8 Å². The number of ketones is 1. The molecule has 0 aromatic heterocycles. The first-order valence-electron chi connectivity index (χ1n) is 4.53. The largest absolute Gasteiger partial charge is 0.293 e.